The van der Waals surface area contributed by atoms with Crippen LogP contribution in [0.4, 0.5) is 11.4 Å². The number of carbonyl (C=O) groups is 1. The van der Waals surface area contributed by atoms with Crippen molar-refractivity contribution in [3.8, 4) is 11.5 Å². The fourth-order valence-corrected chi connectivity index (χ4v) is 2.63. The highest BCUT2D eigenvalue weighted by Crippen LogP contribution is 2.30. The van der Waals surface area contributed by atoms with E-state index in [0.29, 0.717) is 13.2 Å². The molecule has 6 heteroatoms. The quantitative estimate of drug-likeness (QED) is 0.810. The summed E-state index contributed by atoms with van der Waals surface area (Å²) in [5, 5.41) is 6.16. The lowest BCUT2D eigenvalue weighted by atomic mass is 10.1. The van der Waals surface area contributed by atoms with E-state index in [1.54, 1.807) is 0 Å². The van der Waals surface area contributed by atoms with Crippen molar-refractivity contribution in [3.63, 3.8) is 0 Å². The topological polar surface area (TPSA) is 68.8 Å². The fourth-order valence-electron chi connectivity index (χ4n) is 2.63. The van der Waals surface area contributed by atoms with Crippen molar-refractivity contribution in [2.75, 3.05) is 44.1 Å². The van der Waals surface area contributed by atoms with Crippen molar-refractivity contribution < 1.29 is 19.0 Å². The van der Waals surface area contributed by atoms with Gasteiger partial charge >= 0.3 is 0 Å². The third-order valence-electron chi connectivity index (χ3n) is 3.77. The first-order valence-electron chi connectivity index (χ1n) is 8.26. The predicted octanol–water partition coefficient (Wildman–Crippen LogP) is 2.70. The van der Waals surface area contributed by atoms with Crippen molar-refractivity contribution in [2.24, 2.45) is 0 Å². The Morgan fingerprint density at radius 1 is 1.08 bits per heavy atom. The Hall–Kier alpha value is -2.73. The zero-order valence-corrected chi connectivity index (χ0v) is 14.2. The highest BCUT2D eigenvalue weighted by Gasteiger charge is 2.11. The summed E-state index contributed by atoms with van der Waals surface area (Å²) in [4.78, 5) is 11.6. The molecule has 0 saturated heterocycles. The second kappa shape index (κ2) is 8.39. The lowest BCUT2D eigenvalue weighted by Crippen LogP contribution is -2.17. The number of anilines is 2. The van der Waals surface area contributed by atoms with Gasteiger partial charge in [0.15, 0.2) is 11.5 Å². The van der Waals surface area contributed by atoms with Gasteiger partial charge in [-0.05, 0) is 42.3 Å². The number of fused-ring (bicyclic) bond motifs is 1. The molecule has 6 nitrogen and oxygen atoms in total. The summed E-state index contributed by atoms with van der Waals surface area (Å²) in [5.74, 6) is 1.45. The zero-order valence-electron chi connectivity index (χ0n) is 14.2. The highest BCUT2D eigenvalue weighted by molar-refractivity contribution is 5.92. The van der Waals surface area contributed by atoms with Gasteiger partial charge in [0.2, 0.25) is 5.91 Å². The number of benzene rings is 2. The van der Waals surface area contributed by atoms with Gasteiger partial charge in [0.1, 0.15) is 19.8 Å². The number of rotatable bonds is 7. The zero-order chi connectivity index (χ0) is 17.5. The first-order chi connectivity index (χ1) is 12.2. The number of nitrogens with one attached hydrogen (secondary N) is 2. The third kappa shape index (κ3) is 4.87. The molecular weight excluding hydrogens is 320 g/mol. The van der Waals surface area contributed by atoms with Crippen molar-refractivity contribution in [2.45, 2.75) is 6.42 Å². The van der Waals surface area contributed by atoms with Crippen LogP contribution in [0, 0.1) is 0 Å². The summed E-state index contributed by atoms with van der Waals surface area (Å²) in [5.41, 5.74) is 2.88. The average Bonchev–Trinajstić information content (AvgIpc) is 2.62. The fraction of sp³-hybridized carbons (Fsp3) is 0.316. The van der Waals surface area contributed by atoms with E-state index in [9.17, 15) is 4.79 Å². The van der Waals surface area contributed by atoms with E-state index in [0.717, 1.165) is 35.8 Å². The molecule has 3 rings (SSSR count). The number of amides is 1. The van der Waals surface area contributed by atoms with E-state index in [1.165, 1.54) is 12.7 Å². The molecular formula is C19H22N2O4. The van der Waals surface area contributed by atoms with Crippen LogP contribution in [0.3, 0.4) is 0 Å². The minimum Gasteiger partial charge on any atom is -0.486 e. The van der Waals surface area contributed by atoms with Crippen LogP contribution in [-0.2, 0) is 16.0 Å². The number of hydrogen-bond acceptors (Lipinski definition) is 5. The summed E-state index contributed by atoms with van der Waals surface area (Å²) in [7, 11) is 1.50. The van der Waals surface area contributed by atoms with Crippen LogP contribution >= 0.6 is 0 Å². The summed E-state index contributed by atoms with van der Waals surface area (Å²) < 4.78 is 15.9. The van der Waals surface area contributed by atoms with Gasteiger partial charge in [-0.1, -0.05) is 12.1 Å². The van der Waals surface area contributed by atoms with Gasteiger partial charge < -0.3 is 24.8 Å². The lowest BCUT2D eigenvalue weighted by Gasteiger charge is -2.19. The standard InChI is InChI=1S/C19H22N2O4/c1-23-13-19(22)21-16-4-2-3-15(12-16)20-8-7-14-5-6-17-18(11-14)25-10-9-24-17/h2-6,11-12,20H,7-10,13H2,1H3,(H,21,22). The third-order valence-corrected chi connectivity index (χ3v) is 3.77. The lowest BCUT2D eigenvalue weighted by molar-refractivity contribution is -0.119. The molecule has 1 aliphatic rings. The van der Waals surface area contributed by atoms with E-state index in [1.807, 2.05) is 36.4 Å². The molecule has 0 unspecified atom stereocenters. The van der Waals surface area contributed by atoms with Crippen LogP contribution in [0.15, 0.2) is 42.5 Å². The second-order valence-corrected chi connectivity index (χ2v) is 5.72. The Balaban J connectivity index is 1.52. The summed E-state index contributed by atoms with van der Waals surface area (Å²) >= 11 is 0. The molecule has 0 atom stereocenters. The molecule has 132 valence electrons. The molecule has 0 bridgehead atoms. The van der Waals surface area contributed by atoms with Crippen LogP contribution in [0.2, 0.25) is 0 Å². The van der Waals surface area contributed by atoms with Crippen LogP contribution in [0.25, 0.3) is 0 Å². The Morgan fingerprint density at radius 3 is 2.72 bits per heavy atom. The van der Waals surface area contributed by atoms with Crippen molar-refractivity contribution in [1.82, 2.24) is 0 Å². The Labute approximate surface area is 147 Å². The van der Waals surface area contributed by atoms with Gasteiger partial charge in [-0.15, -0.1) is 0 Å². The van der Waals surface area contributed by atoms with Gasteiger partial charge in [0.05, 0.1) is 0 Å². The number of methoxy groups -OCH3 is 1. The summed E-state index contributed by atoms with van der Waals surface area (Å²) in [6, 6.07) is 13.6. The molecule has 1 heterocycles. The van der Waals surface area contributed by atoms with Gasteiger partial charge in [-0.3, -0.25) is 4.79 Å². The molecule has 2 N–H and O–H groups in total. The second-order valence-electron chi connectivity index (χ2n) is 5.72. The number of hydrogen-bond donors (Lipinski definition) is 2. The molecule has 0 fully saturated rings. The van der Waals surface area contributed by atoms with Crippen LogP contribution in [0.1, 0.15) is 5.56 Å². The Morgan fingerprint density at radius 2 is 1.88 bits per heavy atom. The number of carbonyl (C=O) groups excluding carboxylic acids is 1. The maximum Gasteiger partial charge on any atom is 0.250 e. The van der Waals surface area contributed by atoms with E-state index >= 15 is 0 Å². The maximum absolute atomic E-state index is 11.6. The molecule has 1 aliphatic heterocycles. The minimum atomic E-state index is -0.170. The normalized spacial score (nSPS) is 12.5. The average molecular weight is 342 g/mol. The summed E-state index contributed by atoms with van der Waals surface area (Å²) in [6.45, 7) is 2.01. The molecule has 0 radical (unpaired) electrons. The van der Waals surface area contributed by atoms with Gasteiger partial charge in [-0.25, -0.2) is 0 Å². The molecule has 0 aromatic heterocycles. The smallest absolute Gasteiger partial charge is 0.250 e. The van der Waals surface area contributed by atoms with E-state index in [-0.39, 0.29) is 12.5 Å². The molecule has 0 aliphatic carbocycles. The molecule has 0 saturated carbocycles. The molecule has 2 aromatic rings. The Bertz CT molecular complexity index is 733. The van der Waals surface area contributed by atoms with Gasteiger partial charge in [0, 0.05) is 25.0 Å². The Kier molecular flexibility index (Phi) is 5.74. The molecule has 1 amide bonds. The van der Waals surface area contributed by atoms with Crippen LogP contribution in [0.5, 0.6) is 11.5 Å². The predicted molar refractivity (Wildman–Crippen MR) is 96.6 cm³/mol. The molecule has 25 heavy (non-hydrogen) atoms. The van der Waals surface area contributed by atoms with Gasteiger partial charge in [-0.2, -0.15) is 0 Å². The maximum atomic E-state index is 11.6. The highest BCUT2D eigenvalue weighted by atomic mass is 16.6. The minimum absolute atomic E-state index is 0.0434. The SMILES string of the molecule is COCC(=O)Nc1cccc(NCCc2ccc3c(c2)OCCO3)c1. The van der Waals surface area contributed by atoms with E-state index in [4.69, 9.17) is 14.2 Å². The van der Waals surface area contributed by atoms with Crippen molar-refractivity contribution in [1.29, 1.82) is 0 Å². The number of ether oxygens (including phenoxy) is 3. The van der Waals surface area contributed by atoms with E-state index in [2.05, 4.69) is 16.7 Å². The van der Waals surface area contributed by atoms with Crippen LogP contribution < -0.4 is 20.1 Å². The first-order valence-corrected chi connectivity index (χ1v) is 8.26. The van der Waals surface area contributed by atoms with E-state index < -0.39 is 0 Å². The molecule has 0 spiro atoms. The first kappa shape index (κ1) is 17.1. The van der Waals surface area contributed by atoms with Crippen molar-refractivity contribution in [3.05, 3.63) is 48.0 Å². The summed E-state index contributed by atoms with van der Waals surface area (Å²) in [6.07, 6.45) is 0.858. The monoisotopic (exact) mass is 342 g/mol. The largest absolute Gasteiger partial charge is 0.486 e. The van der Waals surface area contributed by atoms with Crippen LogP contribution in [-0.4, -0.2) is 39.4 Å². The molecule has 2 aromatic carbocycles. The van der Waals surface area contributed by atoms with Gasteiger partial charge in [0.25, 0.3) is 0 Å². The van der Waals surface area contributed by atoms with Crippen molar-refractivity contribution >= 4 is 17.3 Å².